The summed E-state index contributed by atoms with van der Waals surface area (Å²) in [6.07, 6.45) is 2.56. The molecule has 0 aromatic heterocycles. The third-order valence-electron chi connectivity index (χ3n) is 3.98. The van der Waals surface area contributed by atoms with Crippen LogP contribution in [0.5, 0.6) is 0 Å². The minimum atomic E-state index is -0.534. The summed E-state index contributed by atoms with van der Waals surface area (Å²) in [5.41, 5.74) is 24.0. The average Bonchev–Trinajstić information content (AvgIpc) is 2.67. The molecule has 152 valence electrons. The maximum Gasteiger partial charge on any atom is 0.312 e. The molecule has 0 heterocycles. The standard InChI is InChI=1S/C11H16N2O.C10H15N3O/c12-10(6-7-11(13)14)8-9-4-2-1-3-5-9;11-9(7-13-10(12)14)6-8-4-2-1-3-5-8/h1-5,10H,6-8,12H2,(H2,13,14);1-5,9H,6-7,11H2,(H3,12,13,14). The fraction of sp³-hybridized carbons (Fsp3) is 0.333. The summed E-state index contributed by atoms with van der Waals surface area (Å²) in [6, 6.07) is 19.3. The van der Waals surface area contributed by atoms with Crippen molar-refractivity contribution in [2.45, 2.75) is 37.8 Å². The molecule has 0 aliphatic rings. The van der Waals surface area contributed by atoms with Crippen LogP contribution in [0.25, 0.3) is 0 Å². The predicted octanol–water partition coefficient (Wildman–Crippen LogP) is 1.05. The zero-order valence-corrected chi connectivity index (χ0v) is 16.1. The zero-order valence-electron chi connectivity index (χ0n) is 16.1. The smallest absolute Gasteiger partial charge is 0.312 e. The first-order valence-electron chi connectivity index (χ1n) is 9.27. The van der Waals surface area contributed by atoms with E-state index in [1.807, 2.05) is 60.7 Å². The molecule has 2 rings (SSSR count). The highest BCUT2D eigenvalue weighted by Crippen LogP contribution is 2.05. The normalized spacial score (nSPS) is 12.2. The summed E-state index contributed by atoms with van der Waals surface area (Å²) in [6.45, 7) is 0.407. The lowest BCUT2D eigenvalue weighted by Gasteiger charge is -2.11. The van der Waals surface area contributed by atoms with E-state index in [-0.39, 0.29) is 18.0 Å². The van der Waals surface area contributed by atoms with E-state index in [0.29, 0.717) is 19.4 Å². The van der Waals surface area contributed by atoms with Gasteiger partial charge in [0, 0.05) is 25.0 Å². The molecular formula is C21H31N5O2. The van der Waals surface area contributed by atoms with Crippen LogP contribution in [0.1, 0.15) is 24.0 Å². The van der Waals surface area contributed by atoms with Crippen LogP contribution in [0.2, 0.25) is 0 Å². The van der Waals surface area contributed by atoms with E-state index in [0.717, 1.165) is 18.4 Å². The lowest BCUT2D eigenvalue weighted by atomic mass is 10.0. The van der Waals surface area contributed by atoms with Crippen molar-refractivity contribution >= 4 is 11.9 Å². The quantitative estimate of drug-likeness (QED) is 0.438. The molecule has 2 aromatic rings. The molecule has 0 spiro atoms. The molecule has 0 saturated heterocycles. The van der Waals surface area contributed by atoms with Gasteiger partial charge in [-0.05, 0) is 30.4 Å². The number of urea groups is 1. The van der Waals surface area contributed by atoms with Gasteiger partial charge >= 0.3 is 6.03 Å². The van der Waals surface area contributed by atoms with E-state index in [2.05, 4.69) is 5.32 Å². The number of carbonyl (C=O) groups excluding carboxylic acids is 2. The summed E-state index contributed by atoms with van der Waals surface area (Å²) < 4.78 is 0. The van der Waals surface area contributed by atoms with Gasteiger partial charge in [0.15, 0.2) is 0 Å². The number of nitrogens with one attached hydrogen (secondary N) is 1. The summed E-state index contributed by atoms with van der Waals surface area (Å²) in [5, 5.41) is 2.48. The predicted molar refractivity (Wildman–Crippen MR) is 112 cm³/mol. The Morgan fingerprint density at radius 2 is 1.25 bits per heavy atom. The number of hydrogen-bond donors (Lipinski definition) is 5. The molecule has 0 fully saturated rings. The minimum Gasteiger partial charge on any atom is -0.370 e. The number of nitrogens with two attached hydrogens (primary N) is 4. The Hall–Kier alpha value is -2.90. The van der Waals surface area contributed by atoms with Gasteiger partial charge in [0.05, 0.1) is 0 Å². The molecule has 9 N–H and O–H groups in total. The van der Waals surface area contributed by atoms with Crippen molar-refractivity contribution in [1.82, 2.24) is 5.32 Å². The van der Waals surface area contributed by atoms with Crippen LogP contribution in [-0.2, 0) is 17.6 Å². The highest BCUT2D eigenvalue weighted by atomic mass is 16.2. The first-order chi connectivity index (χ1) is 13.4. The third kappa shape index (κ3) is 11.7. The van der Waals surface area contributed by atoms with Crippen LogP contribution in [0, 0.1) is 0 Å². The molecule has 0 saturated carbocycles. The molecule has 7 heteroatoms. The Labute approximate surface area is 166 Å². The van der Waals surface area contributed by atoms with Crippen molar-refractivity contribution in [3.63, 3.8) is 0 Å². The van der Waals surface area contributed by atoms with E-state index < -0.39 is 6.03 Å². The van der Waals surface area contributed by atoms with Gasteiger partial charge in [-0.1, -0.05) is 60.7 Å². The second-order valence-corrected chi connectivity index (χ2v) is 6.65. The molecule has 0 aliphatic carbocycles. The van der Waals surface area contributed by atoms with Gasteiger partial charge in [0.2, 0.25) is 5.91 Å². The lowest BCUT2D eigenvalue weighted by molar-refractivity contribution is -0.118. The van der Waals surface area contributed by atoms with Crippen molar-refractivity contribution < 1.29 is 9.59 Å². The zero-order chi connectivity index (χ0) is 20.8. The number of amides is 3. The third-order valence-corrected chi connectivity index (χ3v) is 3.98. The van der Waals surface area contributed by atoms with Crippen molar-refractivity contribution in [3.8, 4) is 0 Å². The number of rotatable bonds is 9. The first-order valence-corrected chi connectivity index (χ1v) is 9.27. The molecule has 2 atom stereocenters. The number of primary amides is 2. The Bertz CT molecular complexity index is 633. The van der Waals surface area contributed by atoms with Gasteiger partial charge in [0.1, 0.15) is 0 Å². The fourth-order valence-corrected chi connectivity index (χ4v) is 2.57. The number of benzene rings is 2. The van der Waals surface area contributed by atoms with Gasteiger partial charge in [-0.25, -0.2) is 4.79 Å². The Kier molecular flexibility index (Phi) is 11.0. The molecule has 2 unspecified atom stereocenters. The van der Waals surface area contributed by atoms with Gasteiger partial charge in [-0.3, -0.25) is 4.79 Å². The van der Waals surface area contributed by atoms with E-state index in [1.165, 1.54) is 5.56 Å². The molecule has 0 radical (unpaired) electrons. The Morgan fingerprint density at radius 3 is 1.68 bits per heavy atom. The fourth-order valence-electron chi connectivity index (χ4n) is 2.57. The SMILES string of the molecule is NC(=O)CCC(N)Cc1ccccc1.NC(=O)NCC(N)Cc1ccccc1. The molecule has 3 amide bonds. The average molecular weight is 386 g/mol. The van der Waals surface area contributed by atoms with E-state index in [4.69, 9.17) is 22.9 Å². The van der Waals surface area contributed by atoms with Gasteiger partial charge < -0.3 is 28.3 Å². The topological polar surface area (TPSA) is 150 Å². The summed E-state index contributed by atoms with van der Waals surface area (Å²) in [5.74, 6) is -0.284. The Morgan fingerprint density at radius 1 is 0.786 bits per heavy atom. The maximum atomic E-state index is 10.5. The van der Waals surface area contributed by atoms with Crippen LogP contribution in [0.15, 0.2) is 60.7 Å². The second-order valence-electron chi connectivity index (χ2n) is 6.65. The summed E-state index contributed by atoms with van der Waals surface area (Å²) in [7, 11) is 0. The molecule has 2 aromatic carbocycles. The van der Waals surface area contributed by atoms with Crippen molar-refractivity contribution in [2.75, 3.05) is 6.54 Å². The molecule has 28 heavy (non-hydrogen) atoms. The Balaban J connectivity index is 0.000000280. The second kappa shape index (κ2) is 13.3. The monoisotopic (exact) mass is 385 g/mol. The number of hydrogen-bond acceptors (Lipinski definition) is 4. The first kappa shape index (κ1) is 23.1. The highest BCUT2D eigenvalue weighted by Gasteiger charge is 2.05. The highest BCUT2D eigenvalue weighted by molar-refractivity contribution is 5.73. The lowest BCUT2D eigenvalue weighted by Crippen LogP contribution is -2.40. The number of carbonyl (C=O) groups is 2. The van der Waals surface area contributed by atoms with E-state index >= 15 is 0 Å². The summed E-state index contributed by atoms with van der Waals surface area (Å²) >= 11 is 0. The summed E-state index contributed by atoms with van der Waals surface area (Å²) in [4.78, 5) is 20.9. The van der Waals surface area contributed by atoms with Gasteiger partial charge in [-0.2, -0.15) is 0 Å². The van der Waals surface area contributed by atoms with Gasteiger partial charge in [-0.15, -0.1) is 0 Å². The van der Waals surface area contributed by atoms with Crippen molar-refractivity contribution in [3.05, 3.63) is 71.8 Å². The van der Waals surface area contributed by atoms with Crippen molar-refractivity contribution in [2.24, 2.45) is 22.9 Å². The molecule has 0 aliphatic heterocycles. The van der Waals surface area contributed by atoms with Crippen LogP contribution in [-0.4, -0.2) is 30.6 Å². The molecule has 0 bridgehead atoms. The van der Waals surface area contributed by atoms with Crippen LogP contribution < -0.4 is 28.3 Å². The van der Waals surface area contributed by atoms with Crippen LogP contribution in [0.3, 0.4) is 0 Å². The van der Waals surface area contributed by atoms with E-state index in [9.17, 15) is 9.59 Å². The molecular weight excluding hydrogens is 354 g/mol. The molecule has 7 nitrogen and oxygen atoms in total. The van der Waals surface area contributed by atoms with Crippen LogP contribution >= 0.6 is 0 Å². The van der Waals surface area contributed by atoms with E-state index in [1.54, 1.807) is 0 Å². The van der Waals surface area contributed by atoms with Crippen molar-refractivity contribution in [1.29, 1.82) is 0 Å². The minimum absolute atomic E-state index is 0.0184. The largest absolute Gasteiger partial charge is 0.370 e. The maximum absolute atomic E-state index is 10.5. The van der Waals surface area contributed by atoms with Crippen LogP contribution in [0.4, 0.5) is 4.79 Å². The van der Waals surface area contributed by atoms with Gasteiger partial charge in [0.25, 0.3) is 0 Å².